The third-order valence-electron chi connectivity index (χ3n) is 2.87. The Bertz CT molecular complexity index is 188. The van der Waals surface area contributed by atoms with E-state index in [-0.39, 0.29) is 0 Å². The van der Waals surface area contributed by atoms with Gasteiger partial charge in [-0.15, -0.1) is 0 Å². The van der Waals surface area contributed by atoms with Crippen LogP contribution in [-0.2, 0) is 0 Å². The van der Waals surface area contributed by atoms with Crippen molar-refractivity contribution in [3.8, 4) is 0 Å². The lowest BCUT2D eigenvalue weighted by atomic mass is 9.94. The summed E-state index contributed by atoms with van der Waals surface area (Å²) < 4.78 is 0. The monoisotopic (exact) mass is 167 g/mol. The molecule has 2 aliphatic heterocycles. The second kappa shape index (κ2) is 3.05. The Balaban J connectivity index is 1.90. The van der Waals surface area contributed by atoms with Crippen molar-refractivity contribution in [2.24, 2.45) is 16.9 Å². The van der Waals surface area contributed by atoms with Gasteiger partial charge in [-0.1, -0.05) is 0 Å². The molecular formula is C9H17N3. The van der Waals surface area contributed by atoms with E-state index in [1.54, 1.807) is 0 Å². The van der Waals surface area contributed by atoms with Gasteiger partial charge in [0.2, 0.25) is 0 Å². The van der Waals surface area contributed by atoms with Crippen LogP contribution in [0.5, 0.6) is 0 Å². The van der Waals surface area contributed by atoms with Gasteiger partial charge in [0.1, 0.15) is 0 Å². The van der Waals surface area contributed by atoms with Crippen LogP contribution in [0.15, 0.2) is 5.10 Å². The average Bonchev–Trinajstić information content (AvgIpc) is 2.60. The molecule has 3 heteroatoms. The van der Waals surface area contributed by atoms with Gasteiger partial charge in [0.05, 0.1) is 0 Å². The molecule has 68 valence electrons. The molecule has 0 aromatic heterocycles. The fraction of sp³-hybridized carbons (Fsp3) is 0.889. The lowest BCUT2D eigenvalue weighted by Gasteiger charge is -2.18. The van der Waals surface area contributed by atoms with Gasteiger partial charge in [0, 0.05) is 39.3 Å². The first-order chi connectivity index (χ1) is 5.75. The summed E-state index contributed by atoms with van der Waals surface area (Å²) in [5.41, 5.74) is 0. The zero-order valence-corrected chi connectivity index (χ0v) is 7.90. The molecule has 2 heterocycles. The van der Waals surface area contributed by atoms with E-state index in [4.69, 9.17) is 0 Å². The Morgan fingerprint density at radius 2 is 2.25 bits per heavy atom. The Morgan fingerprint density at radius 3 is 2.75 bits per heavy atom. The maximum Gasteiger partial charge on any atom is 0.0291 e. The van der Waals surface area contributed by atoms with Crippen LogP contribution < -0.4 is 0 Å². The van der Waals surface area contributed by atoms with Crippen molar-refractivity contribution < 1.29 is 0 Å². The summed E-state index contributed by atoms with van der Waals surface area (Å²) >= 11 is 0. The molecule has 3 nitrogen and oxygen atoms in total. The Kier molecular flexibility index (Phi) is 2.05. The van der Waals surface area contributed by atoms with Crippen molar-refractivity contribution in [3.63, 3.8) is 0 Å². The predicted molar refractivity (Wildman–Crippen MR) is 50.2 cm³/mol. The van der Waals surface area contributed by atoms with Gasteiger partial charge < -0.3 is 9.91 Å². The minimum absolute atomic E-state index is 0.723. The minimum atomic E-state index is 0.723. The summed E-state index contributed by atoms with van der Waals surface area (Å²) in [6.45, 7) is 3.86. The third kappa shape index (κ3) is 1.46. The lowest BCUT2D eigenvalue weighted by Crippen LogP contribution is -2.24. The highest BCUT2D eigenvalue weighted by Gasteiger charge is 2.36. The van der Waals surface area contributed by atoms with E-state index in [0.29, 0.717) is 0 Å². The van der Waals surface area contributed by atoms with E-state index < -0.39 is 0 Å². The van der Waals surface area contributed by atoms with E-state index in [1.807, 2.05) is 19.1 Å². The zero-order valence-electron chi connectivity index (χ0n) is 7.90. The number of piperidine rings is 1. The summed E-state index contributed by atoms with van der Waals surface area (Å²) in [4.78, 5) is 2.54. The number of hydrogen-bond acceptors (Lipinski definition) is 3. The van der Waals surface area contributed by atoms with Gasteiger partial charge in [0.15, 0.2) is 0 Å². The van der Waals surface area contributed by atoms with Gasteiger partial charge in [-0.2, -0.15) is 5.10 Å². The van der Waals surface area contributed by atoms with Gasteiger partial charge in [-0.3, -0.25) is 0 Å². The lowest BCUT2D eigenvalue weighted by molar-refractivity contribution is 0.342. The van der Waals surface area contributed by atoms with Gasteiger partial charge >= 0.3 is 0 Å². The minimum Gasteiger partial charge on any atom is -0.303 e. The van der Waals surface area contributed by atoms with Gasteiger partial charge in [0.25, 0.3) is 0 Å². The number of hydrogen-bond donors (Lipinski definition) is 0. The number of hydrazone groups is 1. The van der Waals surface area contributed by atoms with E-state index >= 15 is 0 Å². The number of fused-ring (bicyclic) bond motifs is 2. The molecule has 3 unspecified atom stereocenters. The van der Waals surface area contributed by atoms with Crippen molar-refractivity contribution in [1.82, 2.24) is 9.91 Å². The van der Waals surface area contributed by atoms with Crippen LogP contribution in [0.4, 0.5) is 0 Å². The van der Waals surface area contributed by atoms with Crippen LogP contribution >= 0.6 is 0 Å². The van der Waals surface area contributed by atoms with Crippen LogP contribution in [0, 0.1) is 11.8 Å². The van der Waals surface area contributed by atoms with Crippen molar-refractivity contribution in [1.29, 1.82) is 0 Å². The first kappa shape index (κ1) is 8.05. The highest BCUT2D eigenvalue weighted by molar-refractivity contribution is 5.62. The van der Waals surface area contributed by atoms with Crippen LogP contribution in [0.3, 0.4) is 0 Å². The van der Waals surface area contributed by atoms with E-state index in [1.165, 1.54) is 26.1 Å². The molecule has 2 aliphatic rings. The van der Waals surface area contributed by atoms with Crippen LogP contribution in [0.1, 0.15) is 6.42 Å². The van der Waals surface area contributed by atoms with Crippen molar-refractivity contribution in [3.05, 3.63) is 0 Å². The van der Waals surface area contributed by atoms with Crippen molar-refractivity contribution in [2.45, 2.75) is 6.42 Å². The van der Waals surface area contributed by atoms with Crippen LogP contribution in [0.25, 0.3) is 0 Å². The number of nitrogens with zero attached hydrogens (tertiary/aromatic N) is 3. The second-order valence-electron chi connectivity index (χ2n) is 4.08. The summed E-state index contributed by atoms with van der Waals surface area (Å²) in [5.74, 6) is 1.62. The molecular weight excluding hydrogens is 150 g/mol. The highest BCUT2D eigenvalue weighted by atomic mass is 15.4. The largest absolute Gasteiger partial charge is 0.303 e. The number of rotatable bonds is 2. The van der Waals surface area contributed by atoms with Gasteiger partial charge in [-0.25, -0.2) is 0 Å². The molecule has 2 saturated heterocycles. The topological polar surface area (TPSA) is 18.8 Å². The zero-order chi connectivity index (χ0) is 8.55. The Hall–Kier alpha value is -0.570. The third-order valence-corrected chi connectivity index (χ3v) is 2.87. The van der Waals surface area contributed by atoms with Crippen LogP contribution in [0.2, 0.25) is 0 Å². The summed E-state index contributed by atoms with van der Waals surface area (Å²) in [7, 11) is 3.95. The molecule has 2 fully saturated rings. The Labute approximate surface area is 74.0 Å². The van der Waals surface area contributed by atoms with E-state index in [9.17, 15) is 0 Å². The fourth-order valence-corrected chi connectivity index (χ4v) is 2.21. The maximum atomic E-state index is 4.31. The molecule has 0 amide bonds. The molecule has 0 saturated carbocycles. The summed E-state index contributed by atoms with van der Waals surface area (Å²) in [5, 5.41) is 6.18. The standard InChI is InChI=1S/C9H17N3/c1-11(2)10-5-9-7-12-4-3-8(9)6-12/h5,8-9H,3-4,6-7H2,1-2H3. The first-order valence-corrected chi connectivity index (χ1v) is 4.69. The Morgan fingerprint density at radius 1 is 1.42 bits per heavy atom. The van der Waals surface area contributed by atoms with Crippen molar-refractivity contribution >= 4 is 6.21 Å². The average molecular weight is 167 g/mol. The predicted octanol–water partition coefficient (Wildman–Crippen LogP) is 0.485. The molecule has 0 radical (unpaired) electrons. The smallest absolute Gasteiger partial charge is 0.0291 e. The summed E-state index contributed by atoms with van der Waals surface area (Å²) in [6, 6.07) is 0. The van der Waals surface area contributed by atoms with Crippen molar-refractivity contribution in [2.75, 3.05) is 33.7 Å². The molecule has 12 heavy (non-hydrogen) atoms. The molecule has 0 spiro atoms. The second-order valence-corrected chi connectivity index (χ2v) is 4.08. The summed E-state index contributed by atoms with van der Waals surface area (Å²) in [6.07, 6.45) is 3.51. The normalized spacial score (nSPS) is 39.7. The fourth-order valence-electron chi connectivity index (χ4n) is 2.21. The quantitative estimate of drug-likeness (QED) is 0.440. The molecule has 2 bridgehead atoms. The molecule has 3 atom stereocenters. The highest BCUT2D eigenvalue weighted by Crippen LogP contribution is 2.31. The molecule has 0 aromatic rings. The molecule has 0 aromatic carbocycles. The van der Waals surface area contributed by atoms with Gasteiger partial charge in [-0.05, 0) is 18.9 Å². The van der Waals surface area contributed by atoms with E-state index in [2.05, 4.69) is 16.2 Å². The molecule has 0 N–H and O–H groups in total. The molecule has 2 rings (SSSR count). The maximum absolute atomic E-state index is 4.31. The van der Waals surface area contributed by atoms with E-state index in [0.717, 1.165) is 11.8 Å². The SMILES string of the molecule is CN(C)N=CC1CN2CCC1C2. The first-order valence-electron chi connectivity index (χ1n) is 4.69. The van der Waals surface area contributed by atoms with Crippen LogP contribution in [-0.4, -0.2) is 49.9 Å². The molecule has 0 aliphatic carbocycles.